The van der Waals surface area contributed by atoms with E-state index in [1.54, 1.807) is 0 Å². The van der Waals surface area contributed by atoms with Gasteiger partial charge in [-0.1, -0.05) is 17.7 Å². The molecule has 0 aromatic heterocycles. The molecule has 8 heteroatoms. The minimum absolute atomic E-state index is 0.0713. The Morgan fingerprint density at radius 1 is 1.19 bits per heavy atom. The fourth-order valence-electron chi connectivity index (χ4n) is 1.71. The Kier molecular flexibility index (Phi) is 4.32. The van der Waals surface area contributed by atoms with Crippen LogP contribution in [0, 0.1) is 27.6 Å². The highest BCUT2D eigenvalue weighted by Crippen LogP contribution is 2.30. The van der Waals surface area contributed by atoms with Crippen LogP contribution in [0.1, 0.15) is 5.56 Å². The molecule has 1 N–H and O–H groups in total. The van der Waals surface area contributed by atoms with Crippen molar-refractivity contribution in [3.63, 3.8) is 0 Å². The van der Waals surface area contributed by atoms with Gasteiger partial charge in [-0.2, -0.15) is 0 Å². The van der Waals surface area contributed by atoms with Gasteiger partial charge in [0, 0.05) is 17.6 Å². The van der Waals surface area contributed by atoms with E-state index in [2.05, 4.69) is 5.32 Å². The molecule has 2 aromatic rings. The van der Waals surface area contributed by atoms with E-state index in [4.69, 9.17) is 11.6 Å². The molecule has 0 heterocycles. The summed E-state index contributed by atoms with van der Waals surface area (Å²) < 4.78 is 39.7. The van der Waals surface area contributed by atoms with Gasteiger partial charge >= 0.3 is 0 Å². The normalized spacial score (nSPS) is 10.5. The number of nitrogens with zero attached hydrogens (tertiary/aromatic N) is 1. The van der Waals surface area contributed by atoms with E-state index in [0.29, 0.717) is 11.6 Å². The third-order valence-electron chi connectivity index (χ3n) is 2.74. The molecule has 21 heavy (non-hydrogen) atoms. The number of benzene rings is 2. The van der Waals surface area contributed by atoms with Crippen molar-refractivity contribution in [2.75, 3.05) is 5.32 Å². The van der Waals surface area contributed by atoms with Gasteiger partial charge in [0.25, 0.3) is 5.69 Å². The average molecular weight is 317 g/mol. The molecule has 0 saturated heterocycles. The molecule has 0 aliphatic rings. The van der Waals surface area contributed by atoms with E-state index in [9.17, 15) is 23.3 Å². The second kappa shape index (κ2) is 6.01. The van der Waals surface area contributed by atoms with Crippen LogP contribution < -0.4 is 5.32 Å². The van der Waals surface area contributed by atoms with Gasteiger partial charge in [0.05, 0.1) is 4.92 Å². The third kappa shape index (κ3) is 3.25. The summed E-state index contributed by atoms with van der Waals surface area (Å²) in [4.78, 5) is 9.97. The molecular formula is C13H8ClF3N2O2. The smallest absolute Gasteiger partial charge is 0.295 e. The van der Waals surface area contributed by atoms with Crippen molar-refractivity contribution < 1.29 is 18.1 Å². The highest BCUT2D eigenvalue weighted by molar-refractivity contribution is 6.31. The van der Waals surface area contributed by atoms with Crippen LogP contribution in [0.5, 0.6) is 0 Å². The summed E-state index contributed by atoms with van der Waals surface area (Å²) in [6, 6.07) is 5.05. The van der Waals surface area contributed by atoms with Crippen LogP contribution in [0.15, 0.2) is 30.3 Å². The summed E-state index contributed by atoms with van der Waals surface area (Å²) >= 11 is 5.79. The number of hydrogen-bond acceptors (Lipinski definition) is 3. The van der Waals surface area contributed by atoms with Crippen molar-refractivity contribution >= 4 is 23.0 Å². The molecule has 0 aliphatic carbocycles. The molecule has 0 radical (unpaired) electrons. The first-order valence-corrected chi connectivity index (χ1v) is 6.08. The summed E-state index contributed by atoms with van der Waals surface area (Å²) in [5, 5.41) is 13.3. The minimum Gasteiger partial charge on any atom is -0.373 e. The van der Waals surface area contributed by atoms with E-state index in [-0.39, 0.29) is 11.6 Å². The van der Waals surface area contributed by atoms with Crippen LogP contribution in [0.25, 0.3) is 0 Å². The number of nitro benzene ring substituents is 1. The first-order valence-electron chi connectivity index (χ1n) is 5.70. The van der Waals surface area contributed by atoms with Crippen molar-refractivity contribution in [2.24, 2.45) is 0 Å². The summed E-state index contributed by atoms with van der Waals surface area (Å²) in [6.45, 7) is -0.125. The molecule has 2 rings (SSSR count). The molecule has 0 aliphatic heterocycles. The first-order chi connectivity index (χ1) is 9.90. The Morgan fingerprint density at radius 2 is 1.90 bits per heavy atom. The van der Waals surface area contributed by atoms with E-state index in [1.165, 1.54) is 6.07 Å². The molecular weight excluding hydrogens is 309 g/mol. The van der Waals surface area contributed by atoms with E-state index >= 15 is 0 Å². The van der Waals surface area contributed by atoms with Gasteiger partial charge in [-0.05, 0) is 23.8 Å². The van der Waals surface area contributed by atoms with Crippen LogP contribution in [-0.4, -0.2) is 4.92 Å². The Bertz CT molecular complexity index is 710. The zero-order valence-corrected chi connectivity index (χ0v) is 11.1. The van der Waals surface area contributed by atoms with Crippen molar-refractivity contribution in [3.8, 4) is 0 Å². The predicted molar refractivity (Wildman–Crippen MR) is 71.7 cm³/mol. The van der Waals surface area contributed by atoms with E-state index in [0.717, 1.165) is 18.2 Å². The van der Waals surface area contributed by atoms with E-state index < -0.39 is 33.7 Å². The Morgan fingerprint density at radius 3 is 2.52 bits per heavy atom. The van der Waals surface area contributed by atoms with Gasteiger partial charge in [-0.25, -0.2) is 13.2 Å². The second-order valence-electron chi connectivity index (χ2n) is 4.10. The standard InChI is InChI=1S/C13H8ClF3N2O2/c14-9-5-8(15)2-1-7(9)6-18-13-11(19(20)21)4-3-10(16)12(13)17/h1-5,18H,6H2. The lowest BCUT2D eigenvalue weighted by atomic mass is 10.2. The van der Waals surface area contributed by atoms with Crippen LogP contribution in [0.2, 0.25) is 5.02 Å². The zero-order valence-electron chi connectivity index (χ0n) is 10.4. The molecule has 0 atom stereocenters. The van der Waals surface area contributed by atoms with Gasteiger partial charge in [0.15, 0.2) is 17.3 Å². The molecule has 2 aromatic carbocycles. The van der Waals surface area contributed by atoms with E-state index in [1.807, 2.05) is 0 Å². The second-order valence-corrected chi connectivity index (χ2v) is 4.51. The summed E-state index contributed by atoms with van der Waals surface area (Å²) in [6.07, 6.45) is 0. The first kappa shape index (κ1) is 15.1. The maximum atomic E-state index is 13.7. The molecule has 0 spiro atoms. The number of nitro groups is 1. The maximum Gasteiger partial charge on any atom is 0.295 e. The zero-order chi connectivity index (χ0) is 15.6. The Hall–Kier alpha value is -2.28. The Balaban J connectivity index is 2.31. The maximum absolute atomic E-state index is 13.7. The van der Waals surface area contributed by atoms with Crippen LogP contribution in [0.4, 0.5) is 24.5 Å². The van der Waals surface area contributed by atoms with Crippen LogP contribution in [0.3, 0.4) is 0 Å². The minimum atomic E-state index is -1.36. The lowest BCUT2D eigenvalue weighted by molar-refractivity contribution is -0.384. The molecule has 0 saturated carbocycles. The van der Waals surface area contributed by atoms with Crippen LogP contribution in [-0.2, 0) is 6.54 Å². The fraction of sp³-hybridized carbons (Fsp3) is 0.0769. The lowest BCUT2D eigenvalue weighted by Gasteiger charge is -2.10. The molecule has 110 valence electrons. The number of halogens is 4. The Labute approximate surface area is 122 Å². The van der Waals surface area contributed by atoms with Crippen molar-refractivity contribution in [3.05, 3.63) is 68.5 Å². The molecule has 4 nitrogen and oxygen atoms in total. The van der Waals surface area contributed by atoms with Crippen LogP contribution >= 0.6 is 11.6 Å². The highest BCUT2D eigenvalue weighted by Gasteiger charge is 2.21. The van der Waals surface area contributed by atoms with Crippen molar-refractivity contribution in [1.29, 1.82) is 0 Å². The fourth-order valence-corrected chi connectivity index (χ4v) is 1.94. The molecule has 0 amide bonds. The monoisotopic (exact) mass is 316 g/mol. The predicted octanol–water partition coefficient (Wildman–Crippen LogP) is 4.28. The molecule has 0 bridgehead atoms. The molecule has 0 unspecified atom stereocenters. The quantitative estimate of drug-likeness (QED) is 0.676. The molecule has 0 fully saturated rings. The third-order valence-corrected chi connectivity index (χ3v) is 3.09. The highest BCUT2D eigenvalue weighted by atomic mass is 35.5. The van der Waals surface area contributed by atoms with Gasteiger partial charge < -0.3 is 5.32 Å². The number of nitrogens with one attached hydrogen (secondary N) is 1. The number of anilines is 1. The summed E-state index contributed by atoms with van der Waals surface area (Å²) in [5.41, 5.74) is -0.802. The number of rotatable bonds is 4. The van der Waals surface area contributed by atoms with Gasteiger partial charge in [0.1, 0.15) is 5.82 Å². The largest absolute Gasteiger partial charge is 0.373 e. The van der Waals surface area contributed by atoms with Crippen molar-refractivity contribution in [1.82, 2.24) is 0 Å². The summed E-state index contributed by atoms with van der Waals surface area (Å²) in [7, 11) is 0. The average Bonchev–Trinajstić information content (AvgIpc) is 2.41. The van der Waals surface area contributed by atoms with Gasteiger partial charge in [-0.3, -0.25) is 10.1 Å². The van der Waals surface area contributed by atoms with Gasteiger partial charge in [-0.15, -0.1) is 0 Å². The SMILES string of the molecule is O=[N+]([O-])c1ccc(F)c(F)c1NCc1ccc(F)cc1Cl. The van der Waals surface area contributed by atoms with Gasteiger partial charge in [0.2, 0.25) is 0 Å². The number of hydrogen-bond donors (Lipinski definition) is 1. The topological polar surface area (TPSA) is 55.2 Å². The summed E-state index contributed by atoms with van der Waals surface area (Å²) in [5.74, 6) is -3.12. The lowest BCUT2D eigenvalue weighted by Crippen LogP contribution is -2.06. The van der Waals surface area contributed by atoms with Crippen molar-refractivity contribution in [2.45, 2.75) is 6.54 Å².